The minimum absolute atomic E-state index is 0.0286. The summed E-state index contributed by atoms with van der Waals surface area (Å²) in [6.07, 6.45) is 2.40. The average Bonchev–Trinajstić information content (AvgIpc) is 3.32. The van der Waals surface area contributed by atoms with Crippen molar-refractivity contribution in [3.05, 3.63) is 23.2 Å². The van der Waals surface area contributed by atoms with Crippen molar-refractivity contribution in [2.75, 3.05) is 39.9 Å². The first-order valence-corrected chi connectivity index (χ1v) is 12.0. The Balaban J connectivity index is 1.81. The van der Waals surface area contributed by atoms with Crippen molar-refractivity contribution >= 4 is 21.4 Å². The van der Waals surface area contributed by atoms with Crippen molar-refractivity contribution in [3.8, 4) is 11.3 Å². The van der Waals surface area contributed by atoms with Gasteiger partial charge in [0.1, 0.15) is 4.21 Å². The van der Waals surface area contributed by atoms with Crippen LogP contribution in [0.5, 0.6) is 0 Å². The van der Waals surface area contributed by atoms with E-state index < -0.39 is 10.0 Å². The van der Waals surface area contributed by atoms with Crippen molar-refractivity contribution in [3.63, 3.8) is 0 Å². The second-order valence-electron chi connectivity index (χ2n) is 7.19. The first kappa shape index (κ1) is 21.4. The molecule has 0 bridgehead atoms. The highest BCUT2D eigenvalue weighted by Gasteiger charge is 2.34. The van der Waals surface area contributed by atoms with Gasteiger partial charge in [0.25, 0.3) is 10.0 Å². The maximum absolute atomic E-state index is 13.5. The van der Waals surface area contributed by atoms with Crippen LogP contribution in [0.15, 0.2) is 26.2 Å². The van der Waals surface area contributed by atoms with E-state index in [4.69, 9.17) is 9.26 Å². The number of aryl methyl sites for hydroxylation is 1. The monoisotopic (exact) mass is 427 g/mol. The SMILES string of the molecule is CCOCCCN(C1CCN(C)CC1)S(=O)(=O)c1cc(-c2cc(C)no2)cs1. The molecule has 1 aliphatic rings. The largest absolute Gasteiger partial charge is 0.382 e. The van der Waals surface area contributed by atoms with Gasteiger partial charge in [-0.1, -0.05) is 5.16 Å². The molecular formula is C19H29N3O4S2. The molecule has 1 fully saturated rings. The highest BCUT2D eigenvalue weighted by Crippen LogP contribution is 2.32. The van der Waals surface area contributed by atoms with E-state index in [1.165, 1.54) is 11.3 Å². The van der Waals surface area contributed by atoms with Gasteiger partial charge in [0.15, 0.2) is 5.76 Å². The van der Waals surface area contributed by atoms with Gasteiger partial charge in [-0.25, -0.2) is 8.42 Å². The van der Waals surface area contributed by atoms with Gasteiger partial charge in [0.2, 0.25) is 0 Å². The lowest BCUT2D eigenvalue weighted by atomic mass is 10.1. The molecule has 3 rings (SSSR count). The lowest BCUT2D eigenvalue weighted by Crippen LogP contribution is -2.46. The maximum Gasteiger partial charge on any atom is 0.252 e. The zero-order valence-corrected chi connectivity index (χ0v) is 18.4. The van der Waals surface area contributed by atoms with Crippen LogP contribution in [0.3, 0.4) is 0 Å². The third-order valence-corrected chi connectivity index (χ3v) is 8.38. The number of thiophene rings is 1. The smallest absolute Gasteiger partial charge is 0.252 e. The lowest BCUT2D eigenvalue weighted by Gasteiger charge is -2.36. The molecule has 0 unspecified atom stereocenters. The fourth-order valence-corrected chi connectivity index (χ4v) is 6.47. The Morgan fingerprint density at radius 2 is 2.11 bits per heavy atom. The van der Waals surface area contributed by atoms with E-state index in [1.807, 2.05) is 25.3 Å². The molecule has 3 heterocycles. The Labute approximate surface area is 171 Å². The van der Waals surface area contributed by atoms with Crippen molar-refractivity contribution in [2.45, 2.75) is 43.4 Å². The van der Waals surface area contributed by atoms with Gasteiger partial charge in [-0.05, 0) is 59.3 Å². The number of hydrogen-bond donors (Lipinski definition) is 0. The first-order valence-electron chi connectivity index (χ1n) is 9.72. The van der Waals surface area contributed by atoms with Gasteiger partial charge in [0.05, 0.1) is 5.69 Å². The number of hydrogen-bond acceptors (Lipinski definition) is 7. The predicted molar refractivity (Wildman–Crippen MR) is 110 cm³/mol. The molecule has 7 nitrogen and oxygen atoms in total. The molecule has 0 saturated carbocycles. The summed E-state index contributed by atoms with van der Waals surface area (Å²) in [6, 6.07) is 3.54. The second-order valence-corrected chi connectivity index (χ2v) is 10.2. The van der Waals surface area contributed by atoms with Gasteiger partial charge >= 0.3 is 0 Å². The Morgan fingerprint density at radius 1 is 1.36 bits per heavy atom. The molecular weight excluding hydrogens is 398 g/mol. The summed E-state index contributed by atoms with van der Waals surface area (Å²) in [5.41, 5.74) is 1.52. The highest BCUT2D eigenvalue weighted by molar-refractivity contribution is 7.91. The first-order chi connectivity index (χ1) is 13.4. The van der Waals surface area contributed by atoms with E-state index >= 15 is 0 Å². The van der Waals surface area contributed by atoms with Crippen LogP contribution in [0.2, 0.25) is 0 Å². The molecule has 0 aromatic carbocycles. The maximum atomic E-state index is 13.5. The second kappa shape index (κ2) is 9.49. The van der Waals surface area contributed by atoms with Crippen LogP contribution in [0, 0.1) is 6.92 Å². The zero-order chi connectivity index (χ0) is 20.1. The molecule has 2 aromatic heterocycles. The molecule has 0 spiro atoms. The molecule has 2 aromatic rings. The Morgan fingerprint density at radius 3 is 2.75 bits per heavy atom. The van der Waals surface area contributed by atoms with Crippen molar-refractivity contribution in [2.24, 2.45) is 0 Å². The molecule has 156 valence electrons. The van der Waals surface area contributed by atoms with E-state index in [-0.39, 0.29) is 6.04 Å². The van der Waals surface area contributed by atoms with Crippen molar-refractivity contribution in [1.82, 2.24) is 14.4 Å². The van der Waals surface area contributed by atoms with Crippen LogP contribution < -0.4 is 0 Å². The van der Waals surface area contributed by atoms with Gasteiger partial charge < -0.3 is 14.2 Å². The van der Waals surface area contributed by atoms with E-state index in [1.54, 1.807) is 10.4 Å². The topological polar surface area (TPSA) is 75.9 Å². The summed E-state index contributed by atoms with van der Waals surface area (Å²) < 4.78 is 39.7. The number of aromatic nitrogens is 1. The number of sulfonamides is 1. The summed E-state index contributed by atoms with van der Waals surface area (Å²) in [6.45, 7) is 7.31. The van der Waals surface area contributed by atoms with Crippen LogP contribution in [-0.2, 0) is 14.8 Å². The molecule has 9 heteroatoms. The third kappa shape index (κ3) is 5.01. The van der Waals surface area contributed by atoms with E-state index in [2.05, 4.69) is 17.1 Å². The number of likely N-dealkylation sites (tertiary alicyclic amines) is 1. The van der Waals surface area contributed by atoms with E-state index in [9.17, 15) is 8.42 Å². The van der Waals surface area contributed by atoms with E-state index in [0.717, 1.165) is 37.2 Å². The molecule has 0 N–H and O–H groups in total. The van der Waals surface area contributed by atoms with Gasteiger partial charge in [-0.3, -0.25) is 0 Å². The summed E-state index contributed by atoms with van der Waals surface area (Å²) in [7, 11) is -1.49. The standard InChI is InChI=1S/C19H29N3O4S2/c1-4-25-11-5-8-22(17-6-9-21(3)10-7-17)28(23,24)19-13-16(14-27-19)18-12-15(2)20-26-18/h12-14,17H,4-11H2,1-3H3. The minimum Gasteiger partial charge on any atom is -0.382 e. The summed E-state index contributed by atoms with van der Waals surface area (Å²) in [5, 5.41) is 5.71. The Hall–Kier alpha value is -1.26. The predicted octanol–water partition coefficient (Wildman–Crippen LogP) is 3.22. The Bertz CT molecular complexity index is 854. The number of ether oxygens (including phenoxy) is 1. The molecule has 1 saturated heterocycles. The summed E-state index contributed by atoms with van der Waals surface area (Å²) in [5.74, 6) is 0.595. The fourth-order valence-electron chi connectivity index (χ4n) is 3.44. The van der Waals surface area contributed by atoms with Crippen molar-refractivity contribution < 1.29 is 17.7 Å². The van der Waals surface area contributed by atoms with Crippen molar-refractivity contribution in [1.29, 1.82) is 0 Å². The van der Waals surface area contributed by atoms with Gasteiger partial charge in [0, 0.05) is 42.8 Å². The third-order valence-electron chi connectivity index (χ3n) is 5.02. The molecule has 1 aliphatic heterocycles. The van der Waals surface area contributed by atoms with Crippen LogP contribution in [0.4, 0.5) is 0 Å². The molecule has 0 aliphatic carbocycles. The summed E-state index contributed by atoms with van der Waals surface area (Å²) >= 11 is 1.24. The van der Waals surface area contributed by atoms with Crippen LogP contribution >= 0.6 is 11.3 Å². The average molecular weight is 428 g/mol. The zero-order valence-electron chi connectivity index (χ0n) is 16.8. The quantitative estimate of drug-likeness (QED) is 0.572. The Kier molecular flexibility index (Phi) is 7.27. The van der Waals surface area contributed by atoms with Crippen LogP contribution in [0.25, 0.3) is 11.3 Å². The fraction of sp³-hybridized carbons (Fsp3) is 0.632. The van der Waals surface area contributed by atoms with Gasteiger partial charge in [-0.2, -0.15) is 4.31 Å². The molecule has 0 radical (unpaired) electrons. The van der Waals surface area contributed by atoms with Gasteiger partial charge in [-0.15, -0.1) is 11.3 Å². The molecule has 28 heavy (non-hydrogen) atoms. The minimum atomic E-state index is -3.57. The highest BCUT2D eigenvalue weighted by atomic mass is 32.2. The van der Waals surface area contributed by atoms with Crippen LogP contribution in [0.1, 0.15) is 31.9 Å². The van der Waals surface area contributed by atoms with Crippen LogP contribution in [-0.4, -0.2) is 68.7 Å². The molecule has 0 atom stereocenters. The number of piperidine rings is 1. The normalized spacial score (nSPS) is 16.9. The summed E-state index contributed by atoms with van der Waals surface area (Å²) in [4.78, 5) is 2.25. The number of nitrogens with zero attached hydrogens (tertiary/aromatic N) is 3. The van der Waals surface area contributed by atoms with E-state index in [0.29, 0.717) is 36.1 Å². The number of rotatable bonds is 9. The lowest BCUT2D eigenvalue weighted by molar-refractivity contribution is 0.129. The molecule has 0 amide bonds.